The third kappa shape index (κ3) is 4.83. The first-order chi connectivity index (χ1) is 16.9. The molecule has 0 aliphatic carbocycles. The normalized spacial score (nSPS) is 15.6. The minimum Gasteiger partial charge on any atom is -0.371 e. The summed E-state index contributed by atoms with van der Waals surface area (Å²) in [4.78, 5) is 10.9. The van der Waals surface area contributed by atoms with E-state index in [1.54, 1.807) is 34.8 Å². The van der Waals surface area contributed by atoms with Crippen molar-refractivity contribution in [3.8, 4) is 11.3 Å². The largest absolute Gasteiger partial charge is 0.371 e. The van der Waals surface area contributed by atoms with Gasteiger partial charge in [-0.1, -0.05) is 5.21 Å². The molecule has 0 atom stereocenters. The third-order valence-corrected chi connectivity index (χ3v) is 6.01. The van der Waals surface area contributed by atoms with Gasteiger partial charge in [0.1, 0.15) is 17.6 Å². The number of aromatic nitrogens is 7. The van der Waals surface area contributed by atoms with E-state index in [4.69, 9.17) is 0 Å². The topological polar surface area (TPSA) is 101 Å². The van der Waals surface area contributed by atoms with Crippen LogP contribution in [0.5, 0.6) is 0 Å². The Bertz CT molecular complexity index is 1310. The Morgan fingerprint density at radius 1 is 1.03 bits per heavy atom. The van der Waals surface area contributed by atoms with Gasteiger partial charge in [0.2, 0.25) is 5.95 Å². The highest BCUT2D eigenvalue weighted by molar-refractivity contribution is 5.89. The highest BCUT2D eigenvalue weighted by Crippen LogP contribution is 2.30. The van der Waals surface area contributed by atoms with E-state index in [0.29, 0.717) is 60.0 Å². The summed E-state index contributed by atoms with van der Waals surface area (Å²) >= 11 is 0. The molecule has 2 N–H and O–H groups in total. The molecule has 5 rings (SSSR count). The predicted octanol–water partition coefficient (Wildman–Crippen LogP) is 2.98. The third-order valence-electron chi connectivity index (χ3n) is 6.01. The molecule has 1 aliphatic rings. The van der Waals surface area contributed by atoms with Crippen LogP contribution in [-0.4, -0.2) is 85.1 Å². The number of hydrogen-bond donors (Lipinski definition) is 2. The summed E-state index contributed by atoms with van der Waals surface area (Å²) in [5, 5.41) is 18.6. The van der Waals surface area contributed by atoms with Gasteiger partial charge in [0, 0.05) is 37.9 Å². The summed E-state index contributed by atoms with van der Waals surface area (Å²) in [6, 6.07) is 5.34. The molecule has 5 heterocycles. The van der Waals surface area contributed by atoms with Crippen molar-refractivity contribution in [1.29, 1.82) is 0 Å². The fourth-order valence-corrected chi connectivity index (χ4v) is 4.36. The molecule has 0 radical (unpaired) electrons. The number of rotatable bonds is 8. The van der Waals surface area contributed by atoms with E-state index in [1.807, 2.05) is 6.07 Å². The minimum atomic E-state index is -2.58. The number of pyridine rings is 1. The van der Waals surface area contributed by atoms with E-state index in [1.165, 1.54) is 0 Å². The molecule has 0 spiro atoms. The first kappa shape index (κ1) is 23.2. The van der Waals surface area contributed by atoms with Gasteiger partial charge in [0.25, 0.3) is 12.9 Å². The number of alkyl halides is 4. The molecular weight excluding hydrogens is 468 g/mol. The Morgan fingerprint density at radius 3 is 2.51 bits per heavy atom. The van der Waals surface area contributed by atoms with Crippen LogP contribution in [0, 0.1) is 0 Å². The lowest BCUT2D eigenvalue weighted by Gasteiger charge is -2.32. The van der Waals surface area contributed by atoms with Gasteiger partial charge in [-0.3, -0.25) is 4.90 Å². The fourth-order valence-electron chi connectivity index (χ4n) is 4.36. The van der Waals surface area contributed by atoms with Crippen LogP contribution in [-0.2, 0) is 6.54 Å². The second kappa shape index (κ2) is 9.60. The predicted molar refractivity (Wildman–Crippen MR) is 122 cm³/mol. The molecule has 10 nitrogen and oxygen atoms in total. The Labute approximate surface area is 197 Å². The summed E-state index contributed by atoms with van der Waals surface area (Å²) < 4.78 is 53.8. The average Bonchev–Trinajstić information content (AvgIpc) is 3.43. The number of nitrogens with zero attached hydrogens (tertiary/aromatic N) is 8. The molecule has 4 aromatic rings. The lowest BCUT2D eigenvalue weighted by atomic mass is 10.1. The van der Waals surface area contributed by atoms with Gasteiger partial charge in [-0.25, -0.2) is 31.7 Å². The second-order valence-electron chi connectivity index (χ2n) is 8.37. The standard InChI is InChI=1S/C21H24F4N10/c1-26-19-18-13(14-2-3-15-20(28-14)35(32-30-15)11-17(24)25)6-9-34(18)31-21(29-19)27-12-4-7-33(8-5-12)10-16(22)23/h2-3,6,9,12,16-17H,4-5,7-8,10-11H2,1H3,(H2,26,27,29,31). The van der Waals surface area contributed by atoms with E-state index < -0.39 is 19.4 Å². The van der Waals surface area contributed by atoms with E-state index >= 15 is 0 Å². The van der Waals surface area contributed by atoms with Crippen molar-refractivity contribution < 1.29 is 17.6 Å². The van der Waals surface area contributed by atoms with Crippen molar-refractivity contribution in [3.63, 3.8) is 0 Å². The maximum absolute atomic E-state index is 12.9. The van der Waals surface area contributed by atoms with Crippen molar-refractivity contribution in [1.82, 2.24) is 39.5 Å². The van der Waals surface area contributed by atoms with Crippen LogP contribution < -0.4 is 10.6 Å². The summed E-state index contributed by atoms with van der Waals surface area (Å²) in [6.45, 7) is 0.373. The Hall–Kier alpha value is -3.55. The quantitative estimate of drug-likeness (QED) is 0.362. The van der Waals surface area contributed by atoms with Crippen molar-refractivity contribution in [2.24, 2.45) is 0 Å². The van der Waals surface area contributed by atoms with E-state index in [2.05, 4.69) is 36.0 Å². The fraction of sp³-hybridized carbons (Fsp3) is 0.476. The molecule has 0 amide bonds. The summed E-state index contributed by atoms with van der Waals surface area (Å²) in [6.07, 6.45) is -1.71. The molecule has 1 fully saturated rings. The van der Waals surface area contributed by atoms with Gasteiger partial charge in [-0.05, 0) is 31.0 Å². The van der Waals surface area contributed by atoms with Gasteiger partial charge < -0.3 is 10.6 Å². The Morgan fingerprint density at radius 2 is 1.80 bits per heavy atom. The molecular formula is C21H24F4N10. The van der Waals surface area contributed by atoms with E-state index in [-0.39, 0.29) is 18.2 Å². The maximum Gasteiger partial charge on any atom is 0.258 e. The van der Waals surface area contributed by atoms with E-state index in [9.17, 15) is 17.6 Å². The van der Waals surface area contributed by atoms with Gasteiger partial charge in [0.15, 0.2) is 11.5 Å². The number of anilines is 2. The van der Waals surface area contributed by atoms with E-state index in [0.717, 1.165) is 4.68 Å². The lowest BCUT2D eigenvalue weighted by Crippen LogP contribution is -2.41. The van der Waals surface area contributed by atoms with Crippen molar-refractivity contribution >= 4 is 28.4 Å². The highest BCUT2D eigenvalue weighted by Gasteiger charge is 2.23. The molecule has 14 heteroatoms. The molecule has 0 saturated carbocycles. The number of hydrogen-bond acceptors (Lipinski definition) is 8. The SMILES string of the molecule is CNc1nc(NC2CCN(CC(F)F)CC2)nn2ccc(-c3ccc4nnn(CC(F)F)c4n3)c12. The zero-order chi connectivity index (χ0) is 24.5. The van der Waals surface area contributed by atoms with Gasteiger partial charge >= 0.3 is 0 Å². The van der Waals surface area contributed by atoms with Crippen LogP contribution in [0.4, 0.5) is 29.3 Å². The molecule has 0 unspecified atom stereocenters. The zero-order valence-corrected chi connectivity index (χ0v) is 18.9. The molecule has 0 bridgehead atoms. The molecule has 35 heavy (non-hydrogen) atoms. The average molecular weight is 492 g/mol. The molecule has 186 valence electrons. The number of nitrogens with one attached hydrogen (secondary N) is 2. The van der Waals surface area contributed by atoms with Crippen LogP contribution in [0.15, 0.2) is 24.4 Å². The van der Waals surface area contributed by atoms with Crippen molar-refractivity contribution in [2.75, 3.05) is 37.3 Å². The van der Waals surface area contributed by atoms with Crippen LogP contribution in [0.25, 0.3) is 27.9 Å². The number of fused-ring (bicyclic) bond motifs is 2. The van der Waals surface area contributed by atoms with Crippen LogP contribution in [0.2, 0.25) is 0 Å². The maximum atomic E-state index is 12.9. The second-order valence-corrected chi connectivity index (χ2v) is 8.37. The van der Waals surface area contributed by atoms with Crippen LogP contribution in [0.1, 0.15) is 12.8 Å². The molecule has 0 aromatic carbocycles. The lowest BCUT2D eigenvalue weighted by molar-refractivity contribution is 0.0769. The summed E-state index contributed by atoms with van der Waals surface area (Å²) in [5.74, 6) is 0.970. The monoisotopic (exact) mass is 492 g/mol. The van der Waals surface area contributed by atoms with Gasteiger partial charge in [0.05, 0.1) is 12.2 Å². The first-order valence-electron chi connectivity index (χ1n) is 11.2. The highest BCUT2D eigenvalue weighted by atomic mass is 19.3. The molecule has 1 saturated heterocycles. The van der Waals surface area contributed by atoms with Crippen molar-refractivity contribution in [2.45, 2.75) is 38.3 Å². The van der Waals surface area contributed by atoms with Crippen LogP contribution in [0.3, 0.4) is 0 Å². The molecule has 4 aromatic heterocycles. The number of piperidine rings is 1. The number of halogens is 4. The minimum absolute atomic E-state index is 0.0767. The summed E-state index contributed by atoms with van der Waals surface area (Å²) in [5.41, 5.74) is 2.63. The Balaban J connectivity index is 1.41. The van der Waals surface area contributed by atoms with Gasteiger partial charge in [-0.2, -0.15) is 4.98 Å². The smallest absolute Gasteiger partial charge is 0.258 e. The van der Waals surface area contributed by atoms with Crippen LogP contribution >= 0.6 is 0 Å². The van der Waals surface area contributed by atoms with Gasteiger partial charge in [-0.15, -0.1) is 10.2 Å². The summed E-state index contributed by atoms with van der Waals surface area (Å²) in [7, 11) is 1.74. The zero-order valence-electron chi connectivity index (χ0n) is 18.9. The number of likely N-dealkylation sites (tertiary alicyclic amines) is 1. The Kier molecular flexibility index (Phi) is 6.36. The molecule has 1 aliphatic heterocycles. The first-order valence-corrected chi connectivity index (χ1v) is 11.2. The van der Waals surface area contributed by atoms with Crippen molar-refractivity contribution in [3.05, 3.63) is 24.4 Å².